The Morgan fingerprint density at radius 3 is 2.06 bits per heavy atom. The number of rotatable bonds is 5. The lowest BCUT2D eigenvalue weighted by molar-refractivity contribution is 0.0755. The van der Waals surface area contributed by atoms with E-state index in [2.05, 4.69) is 0 Å². The van der Waals surface area contributed by atoms with Crippen molar-refractivity contribution in [3.05, 3.63) is 29.8 Å². The number of Topliss-reactive ketones (excluding diaryl/α,β-unsaturated/α-hetero) is 1. The van der Waals surface area contributed by atoms with Crippen LogP contribution in [-0.4, -0.2) is 36.4 Å². The van der Waals surface area contributed by atoms with Crippen LogP contribution < -0.4 is 4.74 Å². The molecule has 0 spiro atoms. The number of benzene rings is 1. The molecular weight excluding hydrogens is 226 g/mol. The first-order valence-corrected chi connectivity index (χ1v) is 6.24. The second kappa shape index (κ2) is 5.53. The van der Waals surface area contributed by atoms with Gasteiger partial charge in [0.25, 0.3) is 0 Å². The molecule has 0 aliphatic heterocycles. The van der Waals surface area contributed by atoms with Crippen molar-refractivity contribution in [2.24, 2.45) is 0 Å². The van der Waals surface area contributed by atoms with Gasteiger partial charge in [-0.3, -0.25) is 9.69 Å². The van der Waals surface area contributed by atoms with Gasteiger partial charge in [-0.05, 0) is 66.1 Å². The van der Waals surface area contributed by atoms with Crippen LogP contribution in [0.2, 0.25) is 0 Å². The highest BCUT2D eigenvalue weighted by Crippen LogP contribution is 2.20. The molecule has 1 aromatic carbocycles. The predicted octanol–water partition coefficient (Wildman–Crippen LogP) is 3.00. The maximum Gasteiger partial charge on any atom is 0.182 e. The number of carbonyl (C=O) groups excluding carboxylic acids is 1. The molecule has 0 radical (unpaired) electrons. The average Bonchev–Trinajstić information content (AvgIpc) is 2.28. The molecule has 3 nitrogen and oxygen atoms in total. The molecule has 0 heterocycles. The highest BCUT2D eigenvalue weighted by atomic mass is 16.5. The number of hydrogen-bond acceptors (Lipinski definition) is 3. The summed E-state index contributed by atoms with van der Waals surface area (Å²) in [5, 5.41) is 0. The molecule has 100 valence electrons. The molecule has 1 aromatic rings. The highest BCUT2D eigenvalue weighted by molar-refractivity contribution is 6.02. The Hall–Kier alpha value is -1.35. The Labute approximate surface area is 110 Å². The normalized spacial score (nSPS) is 12.0. The van der Waals surface area contributed by atoms with Crippen molar-refractivity contribution < 1.29 is 9.53 Å². The van der Waals surface area contributed by atoms with Gasteiger partial charge in [0.2, 0.25) is 0 Å². The van der Waals surface area contributed by atoms with E-state index in [9.17, 15) is 4.79 Å². The Morgan fingerprint density at radius 1 is 1.17 bits per heavy atom. The first-order valence-electron chi connectivity index (χ1n) is 6.24. The fourth-order valence-corrected chi connectivity index (χ4v) is 1.51. The number of nitrogens with zero attached hydrogens (tertiary/aromatic N) is 1. The molecule has 0 atom stereocenters. The van der Waals surface area contributed by atoms with Crippen molar-refractivity contribution in [2.45, 2.75) is 39.3 Å². The van der Waals surface area contributed by atoms with Gasteiger partial charge < -0.3 is 4.74 Å². The molecule has 0 amide bonds. The molecule has 0 bridgehead atoms. The van der Waals surface area contributed by atoms with Crippen molar-refractivity contribution in [3.8, 4) is 5.75 Å². The first-order chi connectivity index (χ1) is 8.25. The highest BCUT2D eigenvalue weighted by Gasteiger charge is 2.30. The third kappa shape index (κ3) is 3.33. The molecule has 1 rings (SSSR count). The van der Waals surface area contributed by atoms with Gasteiger partial charge in [-0.2, -0.15) is 0 Å². The van der Waals surface area contributed by atoms with Crippen LogP contribution in [0.25, 0.3) is 0 Å². The quantitative estimate of drug-likeness (QED) is 0.751. The smallest absolute Gasteiger partial charge is 0.182 e. The number of likely N-dealkylation sites (N-methyl/N-ethyl adjacent to an activating group) is 1. The minimum atomic E-state index is -0.500. The topological polar surface area (TPSA) is 29.5 Å². The molecule has 0 saturated heterocycles. The van der Waals surface area contributed by atoms with Gasteiger partial charge in [-0.25, -0.2) is 0 Å². The first kappa shape index (κ1) is 14.7. The Balaban J connectivity index is 2.89. The van der Waals surface area contributed by atoms with Crippen LogP contribution in [0.1, 0.15) is 38.1 Å². The Morgan fingerprint density at radius 2 is 1.67 bits per heavy atom. The maximum atomic E-state index is 12.4. The zero-order valence-corrected chi connectivity index (χ0v) is 12.2. The van der Waals surface area contributed by atoms with E-state index in [-0.39, 0.29) is 11.9 Å². The van der Waals surface area contributed by atoms with Crippen LogP contribution in [0, 0.1) is 0 Å². The number of hydrogen-bond donors (Lipinski definition) is 0. The Bertz CT molecular complexity index is 405. The number of ether oxygens (including phenoxy) is 1. The monoisotopic (exact) mass is 249 g/mol. The summed E-state index contributed by atoms with van der Waals surface area (Å²) in [5.74, 6) is 0.910. The van der Waals surface area contributed by atoms with Crippen LogP contribution in [0.4, 0.5) is 0 Å². The summed E-state index contributed by atoms with van der Waals surface area (Å²) in [7, 11) is 3.82. The van der Waals surface area contributed by atoms with E-state index in [1.807, 2.05) is 71.0 Å². The second-order valence-electron chi connectivity index (χ2n) is 5.47. The molecule has 0 fully saturated rings. The van der Waals surface area contributed by atoms with Crippen molar-refractivity contribution in [2.75, 3.05) is 14.1 Å². The molecule has 0 aliphatic rings. The zero-order chi connectivity index (χ0) is 13.9. The largest absolute Gasteiger partial charge is 0.491 e. The van der Waals surface area contributed by atoms with Gasteiger partial charge in [0, 0.05) is 5.56 Å². The van der Waals surface area contributed by atoms with E-state index in [4.69, 9.17) is 4.74 Å². The van der Waals surface area contributed by atoms with E-state index >= 15 is 0 Å². The second-order valence-corrected chi connectivity index (χ2v) is 5.47. The molecule has 18 heavy (non-hydrogen) atoms. The third-order valence-corrected chi connectivity index (χ3v) is 3.16. The maximum absolute atomic E-state index is 12.4. The SMILES string of the molecule is CC(C)Oc1ccc(C(=O)C(C)(C)N(C)C)cc1. The standard InChI is InChI=1S/C15H23NO2/c1-11(2)18-13-9-7-12(8-10-13)14(17)15(3,4)16(5)6/h7-11H,1-6H3. The van der Waals surface area contributed by atoms with Crippen LogP contribution in [0.5, 0.6) is 5.75 Å². The summed E-state index contributed by atoms with van der Waals surface area (Å²) < 4.78 is 5.56. The minimum absolute atomic E-state index is 0.114. The lowest BCUT2D eigenvalue weighted by atomic mass is 9.92. The van der Waals surface area contributed by atoms with Crippen LogP contribution in [0.15, 0.2) is 24.3 Å². The van der Waals surface area contributed by atoms with Crippen molar-refractivity contribution in [3.63, 3.8) is 0 Å². The van der Waals surface area contributed by atoms with E-state index in [0.717, 1.165) is 5.75 Å². The lowest BCUT2D eigenvalue weighted by Crippen LogP contribution is -2.45. The summed E-state index contributed by atoms with van der Waals surface area (Å²) in [6.45, 7) is 7.81. The fourth-order valence-electron chi connectivity index (χ4n) is 1.51. The molecular formula is C15H23NO2. The van der Waals surface area contributed by atoms with E-state index in [0.29, 0.717) is 5.56 Å². The third-order valence-electron chi connectivity index (χ3n) is 3.16. The lowest BCUT2D eigenvalue weighted by Gasteiger charge is -2.30. The van der Waals surface area contributed by atoms with Crippen LogP contribution in [0.3, 0.4) is 0 Å². The zero-order valence-electron chi connectivity index (χ0n) is 12.2. The van der Waals surface area contributed by atoms with Gasteiger partial charge in [-0.15, -0.1) is 0 Å². The van der Waals surface area contributed by atoms with Gasteiger partial charge in [0.1, 0.15) is 5.75 Å². The summed E-state index contributed by atoms with van der Waals surface area (Å²) in [6, 6.07) is 7.34. The van der Waals surface area contributed by atoms with Crippen molar-refractivity contribution in [1.29, 1.82) is 0 Å². The van der Waals surface area contributed by atoms with Gasteiger partial charge in [-0.1, -0.05) is 0 Å². The summed E-state index contributed by atoms with van der Waals surface area (Å²) in [5.41, 5.74) is 0.213. The van der Waals surface area contributed by atoms with Crippen LogP contribution in [-0.2, 0) is 0 Å². The van der Waals surface area contributed by atoms with E-state index in [1.54, 1.807) is 0 Å². The minimum Gasteiger partial charge on any atom is -0.491 e. The fraction of sp³-hybridized carbons (Fsp3) is 0.533. The van der Waals surface area contributed by atoms with Crippen LogP contribution >= 0.6 is 0 Å². The number of ketones is 1. The summed E-state index contributed by atoms with van der Waals surface area (Å²) in [4.78, 5) is 14.3. The van der Waals surface area contributed by atoms with Gasteiger partial charge in [0.15, 0.2) is 5.78 Å². The molecule has 0 aliphatic carbocycles. The summed E-state index contributed by atoms with van der Waals surface area (Å²) >= 11 is 0. The van der Waals surface area contributed by atoms with Gasteiger partial charge >= 0.3 is 0 Å². The van der Waals surface area contributed by atoms with E-state index < -0.39 is 5.54 Å². The van der Waals surface area contributed by atoms with Gasteiger partial charge in [0.05, 0.1) is 11.6 Å². The average molecular weight is 249 g/mol. The molecule has 0 unspecified atom stereocenters. The van der Waals surface area contributed by atoms with Crippen molar-refractivity contribution >= 4 is 5.78 Å². The van der Waals surface area contributed by atoms with E-state index in [1.165, 1.54) is 0 Å². The molecule has 0 N–H and O–H groups in total. The summed E-state index contributed by atoms with van der Waals surface area (Å²) in [6.07, 6.45) is 0.143. The molecule has 3 heteroatoms. The Kier molecular flexibility index (Phi) is 4.52. The molecule has 0 aromatic heterocycles. The predicted molar refractivity (Wildman–Crippen MR) is 74.3 cm³/mol. The van der Waals surface area contributed by atoms with Crippen molar-refractivity contribution in [1.82, 2.24) is 4.90 Å². The molecule has 0 saturated carbocycles. The number of carbonyl (C=O) groups is 1.